The molecule has 1 aliphatic rings. The van der Waals surface area contributed by atoms with Crippen LogP contribution in [0.5, 0.6) is 0 Å². The van der Waals surface area contributed by atoms with Crippen molar-refractivity contribution in [3.63, 3.8) is 0 Å². The van der Waals surface area contributed by atoms with E-state index in [1.165, 1.54) is 19.3 Å². The second kappa shape index (κ2) is 3.46. The van der Waals surface area contributed by atoms with E-state index in [1.807, 2.05) is 0 Å². The Morgan fingerprint density at radius 2 is 2.25 bits per heavy atom. The fraction of sp³-hybridized carbons (Fsp3) is 0.429. The maximum atomic E-state index is 9.31. The van der Waals surface area contributed by atoms with Gasteiger partial charge in [0, 0.05) is 7.11 Å². The number of aliphatic hydroxyl groups is 1. The van der Waals surface area contributed by atoms with Gasteiger partial charge in [-0.1, -0.05) is 23.2 Å². The average molecular weight is 229 g/mol. The Morgan fingerprint density at radius 3 is 2.75 bits per heavy atom. The van der Waals surface area contributed by atoms with Crippen LogP contribution in [0.3, 0.4) is 0 Å². The molecule has 2 nitrogen and oxygen atoms in total. The molecule has 1 aliphatic carbocycles. The van der Waals surface area contributed by atoms with Gasteiger partial charge in [0.05, 0.1) is 5.03 Å². The van der Waals surface area contributed by atoms with Crippen LogP contribution in [0.15, 0.2) is 22.9 Å². The van der Waals surface area contributed by atoms with Gasteiger partial charge in [0.2, 0.25) is 0 Å². The lowest BCUT2D eigenvalue weighted by Gasteiger charge is -2.29. The highest BCUT2D eigenvalue weighted by Gasteiger charge is 2.39. The van der Waals surface area contributed by atoms with E-state index in [0.717, 1.165) is 0 Å². The smallest absolute Gasteiger partial charge is 0.183 e. The monoisotopic (exact) mass is 228 g/mol. The molecule has 0 saturated heterocycles. The molecule has 0 heterocycles. The molecule has 2 atom stereocenters. The molecule has 0 bridgehead atoms. The van der Waals surface area contributed by atoms with Crippen molar-refractivity contribution in [2.45, 2.75) is 10.4 Å². The van der Waals surface area contributed by atoms with Gasteiger partial charge in [-0.3, -0.25) is 0 Å². The van der Waals surface area contributed by atoms with E-state index in [9.17, 15) is 5.11 Å². The molecule has 1 N–H and O–H groups in total. The maximum Gasteiger partial charge on any atom is 0.183 e. The Hall–Kier alpha value is 0.110. The summed E-state index contributed by atoms with van der Waals surface area (Å²) in [7, 11) is 1.40. The van der Waals surface area contributed by atoms with Gasteiger partial charge in [0.1, 0.15) is 11.1 Å². The number of methoxy groups -OCH3 is 1. The minimum absolute atomic E-state index is 0.169. The summed E-state index contributed by atoms with van der Waals surface area (Å²) in [4.78, 5) is 0. The van der Waals surface area contributed by atoms with Crippen molar-refractivity contribution in [1.29, 1.82) is 0 Å². The third-order valence-electron chi connectivity index (χ3n) is 1.60. The first-order valence-electron chi connectivity index (χ1n) is 3.17. The molecular formula is C7H7Cl3O2. The Kier molecular flexibility index (Phi) is 2.94. The summed E-state index contributed by atoms with van der Waals surface area (Å²) in [6, 6.07) is 0. The molecule has 0 fully saturated rings. The van der Waals surface area contributed by atoms with Crippen LogP contribution in [0.2, 0.25) is 0 Å². The van der Waals surface area contributed by atoms with E-state index in [2.05, 4.69) is 0 Å². The topological polar surface area (TPSA) is 29.5 Å². The lowest BCUT2D eigenvalue weighted by molar-refractivity contribution is 0.0957. The van der Waals surface area contributed by atoms with Crippen LogP contribution in [0.25, 0.3) is 0 Å². The predicted octanol–water partition coefficient (Wildman–Crippen LogP) is 2.75. The lowest BCUT2D eigenvalue weighted by Crippen LogP contribution is -2.36. The van der Waals surface area contributed by atoms with Gasteiger partial charge in [0.15, 0.2) is 5.06 Å². The van der Waals surface area contributed by atoms with Crippen LogP contribution in [0.4, 0.5) is 0 Å². The first-order chi connectivity index (χ1) is 5.51. The number of alkyl halides is 2. The molecule has 5 heteroatoms. The van der Waals surface area contributed by atoms with E-state index < -0.39 is 10.4 Å². The van der Waals surface area contributed by atoms with Crippen LogP contribution in [0.1, 0.15) is 0 Å². The van der Waals surface area contributed by atoms with Gasteiger partial charge in [-0.2, -0.15) is 0 Å². The number of ether oxygens (including phenoxy) is 1. The second-order valence-corrected chi connectivity index (χ2v) is 3.77. The summed E-state index contributed by atoms with van der Waals surface area (Å²) in [5.41, 5.74) is 0. The van der Waals surface area contributed by atoms with Crippen molar-refractivity contribution in [1.82, 2.24) is 0 Å². The normalized spacial score (nSPS) is 35.8. The van der Waals surface area contributed by atoms with E-state index >= 15 is 0 Å². The summed E-state index contributed by atoms with van der Waals surface area (Å²) >= 11 is 17.2. The summed E-state index contributed by atoms with van der Waals surface area (Å²) in [5, 5.41) is 7.43. The van der Waals surface area contributed by atoms with Crippen molar-refractivity contribution in [2.24, 2.45) is 0 Å². The minimum Gasteiger partial charge on any atom is -0.509 e. The Bertz CT molecular complexity index is 249. The van der Waals surface area contributed by atoms with Crippen molar-refractivity contribution in [3.8, 4) is 0 Å². The van der Waals surface area contributed by atoms with Gasteiger partial charge in [-0.05, 0) is 12.2 Å². The average Bonchev–Trinajstić information content (AvgIpc) is 2.09. The van der Waals surface area contributed by atoms with E-state index in [0.29, 0.717) is 0 Å². The second-order valence-electron chi connectivity index (χ2n) is 2.33. The fourth-order valence-electron chi connectivity index (χ4n) is 0.836. The molecule has 0 aromatic heterocycles. The quantitative estimate of drug-likeness (QED) is 0.701. The van der Waals surface area contributed by atoms with Gasteiger partial charge in [-0.15, -0.1) is 11.6 Å². The van der Waals surface area contributed by atoms with E-state index in [1.54, 1.807) is 0 Å². The number of allylic oxidation sites excluding steroid dienone is 2. The van der Waals surface area contributed by atoms with Crippen molar-refractivity contribution in [3.05, 3.63) is 22.9 Å². The Balaban J connectivity index is 2.99. The standard InChI is InChI=1S/C7H7Cl3O2/c1-12-7(10)3-2-4(8)5(11)6(7)9/h2-3,6,11H,1H3. The summed E-state index contributed by atoms with van der Waals surface area (Å²) in [5.74, 6) is -0.169. The minimum atomic E-state index is -1.20. The molecule has 2 unspecified atom stereocenters. The van der Waals surface area contributed by atoms with Crippen LogP contribution >= 0.6 is 34.8 Å². The highest BCUT2D eigenvalue weighted by atomic mass is 35.5. The van der Waals surface area contributed by atoms with E-state index in [-0.39, 0.29) is 10.8 Å². The van der Waals surface area contributed by atoms with Crippen molar-refractivity contribution in [2.75, 3.05) is 7.11 Å². The molecule has 0 saturated carbocycles. The molecule has 0 amide bonds. The van der Waals surface area contributed by atoms with Crippen molar-refractivity contribution >= 4 is 34.8 Å². The zero-order chi connectivity index (χ0) is 9.35. The van der Waals surface area contributed by atoms with E-state index in [4.69, 9.17) is 39.5 Å². The first kappa shape index (κ1) is 10.2. The van der Waals surface area contributed by atoms with Crippen LogP contribution in [-0.2, 0) is 4.74 Å². The molecule has 0 aromatic rings. The molecule has 0 aliphatic heterocycles. The van der Waals surface area contributed by atoms with Gasteiger partial charge < -0.3 is 9.84 Å². The molecule has 0 spiro atoms. The maximum absolute atomic E-state index is 9.31. The largest absolute Gasteiger partial charge is 0.509 e. The number of aliphatic hydroxyl groups excluding tert-OH is 1. The molecule has 68 valence electrons. The summed E-state index contributed by atoms with van der Waals surface area (Å²) in [6.45, 7) is 0. The molecule has 0 radical (unpaired) electrons. The molecule has 12 heavy (non-hydrogen) atoms. The number of halogens is 3. The zero-order valence-corrected chi connectivity index (χ0v) is 8.49. The van der Waals surface area contributed by atoms with Gasteiger partial charge in [-0.25, -0.2) is 0 Å². The fourth-order valence-corrected chi connectivity index (χ4v) is 1.51. The first-order valence-corrected chi connectivity index (χ1v) is 4.36. The Morgan fingerprint density at radius 1 is 1.67 bits per heavy atom. The summed E-state index contributed by atoms with van der Waals surface area (Å²) < 4.78 is 4.90. The SMILES string of the molecule is COC1(Cl)C=CC(Cl)=C(O)C1Cl. The Labute approximate surface area is 85.4 Å². The highest BCUT2D eigenvalue weighted by molar-refractivity contribution is 6.37. The molecule has 0 aromatic carbocycles. The summed E-state index contributed by atoms with van der Waals surface area (Å²) in [6.07, 6.45) is 2.94. The predicted molar refractivity (Wildman–Crippen MR) is 49.9 cm³/mol. The number of hydrogen-bond acceptors (Lipinski definition) is 2. The molecule has 1 rings (SSSR count). The van der Waals surface area contributed by atoms with Gasteiger partial charge in [0.25, 0.3) is 0 Å². The number of rotatable bonds is 1. The third kappa shape index (κ3) is 1.57. The molecular weight excluding hydrogens is 222 g/mol. The third-order valence-corrected chi connectivity index (χ3v) is 3.06. The van der Waals surface area contributed by atoms with Gasteiger partial charge >= 0.3 is 0 Å². The van der Waals surface area contributed by atoms with Crippen LogP contribution in [-0.4, -0.2) is 22.7 Å². The van der Waals surface area contributed by atoms with Crippen LogP contribution < -0.4 is 0 Å². The van der Waals surface area contributed by atoms with Crippen LogP contribution in [0, 0.1) is 0 Å². The van der Waals surface area contributed by atoms with Crippen molar-refractivity contribution < 1.29 is 9.84 Å². The number of hydrogen-bond donors (Lipinski definition) is 1. The zero-order valence-electron chi connectivity index (χ0n) is 6.22. The lowest BCUT2D eigenvalue weighted by atomic mass is 10.1. The highest BCUT2D eigenvalue weighted by Crippen LogP contribution is 2.37.